The van der Waals surface area contributed by atoms with Crippen LogP contribution in [0.1, 0.15) is 12.8 Å². The summed E-state index contributed by atoms with van der Waals surface area (Å²) in [6.07, 6.45) is 1.27. The minimum absolute atomic E-state index is 0.160. The predicted octanol–water partition coefficient (Wildman–Crippen LogP) is 3.24. The molecule has 1 aliphatic rings. The minimum Gasteiger partial charge on any atom is -0.300 e. The van der Waals surface area contributed by atoms with Crippen molar-refractivity contribution in [3.63, 3.8) is 0 Å². The first-order valence-corrected chi connectivity index (χ1v) is 11.5. The van der Waals surface area contributed by atoms with Gasteiger partial charge < -0.3 is 5.32 Å². The Labute approximate surface area is 173 Å². The van der Waals surface area contributed by atoms with Crippen LogP contribution in [0.3, 0.4) is 0 Å². The zero-order valence-corrected chi connectivity index (χ0v) is 17.2. The number of nitrogens with zero attached hydrogens (tertiary/aromatic N) is 3. The van der Waals surface area contributed by atoms with Gasteiger partial charge in [0, 0.05) is 18.7 Å². The molecule has 1 N–H and O–H groups in total. The molecule has 7 nitrogen and oxygen atoms in total. The van der Waals surface area contributed by atoms with Crippen LogP contribution in [-0.4, -0.2) is 41.9 Å². The molecule has 1 amide bonds. The lowest BCUT2D eigenvalue weighted by molar-refractivity contribution is -0.120. The van der Waals surface area contributed by atoms with E-state index in [4.69, 9.17) is 0 Å². The molecule has 1 aromatic heterocycles. The van der Waals surface area contributed by atoms with Gasteiger partial charge in [0.1, 0.15) is 5.01 Å². The van der Waals surface area contributed by atoms with Crippen molar-refractivity contribution in [1.29, 1.82) is 0 Å². The molecule has 0 radical (unpaired) electrons. The number of carbonyl (C=O) groups excluding carboxylic acids is 1. The van der Waals surface area contributed by atoms with Gasteiger partial charge in [-0.15, -0.1) is 10.2 Å². The van der Waals surface area contributed by atoms with Crippen LogP contribution in [0.2, 0.25) is 0 Å². The Morgan fingerprint density at radius 1 is 1.03 bits per heavy atom. The second kappa shape index (κ2) is 8.40. The van der Waals surface area contributed by atoms with E-state index in [0.29, 0.717) is 24.5 Å². The monoisotopic (exact) mass is 428 g/mol. The number of hydrogen-bond donors (Lipinski definition) is 1. The Kier molecular flexibility index (Phi) is 5.70. The molecule has 3 aromatic rings. The van der Waals surface area contributed by atoms with Crippen LogP contribution in [0, 0.1) is 5.92 Å². The number of piperidine rings is 1. The molecule has 0 unspecified atom stereocenters. The first-order chi connectivity index (χ1) is 14.0. The van der Waals surface area contributed by atoms with Crippen molar-refractivity contribution < 1.29 is 13.2 Å². The molecule has 0 spiro atoms. The van der Waals surface area contributed by atoms with Gasteiger partial charge in [-0.05, 0) is 25.0 Å². The van der Waals surface area contributed by atoms with Crippen molar-refractivity contribution in [1.82, 2.24) is 14.5 Å². The molecule has 1 fully saturated rings. The quantitative estimate of drug-likeness (QED) is 0.673. The third-order valence-corrected chi connectivity index (χ3v) is 7.58. The van der Waals surface area contributed by atoms with Crippen LogP contribution in [0.25, 0.3) is 10.6 Å². The highest BCUT2D eigenvalue weighted by Crippen LogP contribution is 2.28. The number of rotatable bonds is 5. The van der Waals surface area contributed by atoms with Crippen LogP contribution in [-0.2, 0) is 14.8 Å². The molecular weight excluding hydrogens is 408 g/mol. The first kappa shape index (κ1) is 19.7. The van der Waals surface area contributed by atoms with Crippen molar-refractivity contribution in [3.8, 4) is 10.6 Å². The van der Waals surface area contributed by atoms with Crippen LogP contribution in [0.15, 0.2) is 65.6 Å². The summed E-state index contributed by atoms with van der Waals surface area (Å²) < 4.78 is 27.1. The maximum Gasteiger partial charge on any atom is 0.243 e. The van der Waals surface area contributed by atoms with Crippen molar-refractivity contribution in [2.24, 2.45) is 5.92 Å². The molecule has 2 aromatic carbocycles. The Morgan fingerprint density at radius 3 is 2.45 bits per heavy atom. The number of anilines is 1. The predicted molar refractivity (Wildman–Crippen MR) is 112 cm³/mol. The van der Waals surface area contributed by atoms with Crippen LogP contribution < -0.4 is 5.32 Å². The highest BCUT2D eigenvalue weighted by atomic mass is 32.2. The van der Waals surface area contributed by atoms with Gasteiger partial charge in [-0.1, -0.05) is 59.9 Å². The summed E-state index contributed by atoms with van der Waals surface area (Å²) in [6, 6.07) is 17.9. The number of nitrogens with one attached hydrogen (secondary N) is 1. The van der Waals surface area contributed by atoms with Gasteiger partial charge in [-0.3, -0.25) is 4.79 Å². The maximum absolute atomic E-state index is 12.8. The van der Waals surface area contributed by atoms with E-state index in [9.17, 15) is 13.2 Å². The van der Waals surface area contributed by atoms with E-state index in [1.165, 1.54) is 15.6 Å². The normalized spacial score (nSPS) is 17.7. The van der Waals surface area contributed by atoms with Crippen molar-refractivity contribution in [2.75, 3.05) is 18.4 Å². The second-order valence-corrected chi connectivity index (χ2v) is 9.70. The molecule has 1 aliphatic heterocycles. The lowest BCUT2D eigenvalue weighted by atomic mass is 9.99. The zero-order valence-electron chi connectivity index (χ0n) is 15.6. The molecule has 4 rings (SSSR count). The van der Waals surface area contributed by atoms with Gasteiger partial charge in [0.15, 0.2) is 0 Å². The van der Waals surface area contributed by atoms with Crippen LogP contribution in [0.4, 0.5) is 5.13 Å². The number of hydrogen-bond acceptors (Lipinski definition) is 6. The lowest BCUT2D eigenvalue weighted by Gasteiger charge is -2.31. The van der Waals surface area contributed by atoms with Gasteiger partial charge in [0.2, 0.25) is 21.1 Å². The number of amides is 1. The van der Waals surface area contributed by atoms with Gasteiger partial charge in [-0.25, -0.2) is 8.42 Å². The topological polar surface area (TPSA) is 92.3 Å². The van der Waals surface area contributed by atoms with Gasteiger partial charge >= 0.3 is 0 Å². The number of carbonyl (C=O) groups is 1. The van der Waals surface area contributed by atoms with Crippen LogP contribution in [0.5, 0.6) is 0 Å². The van der Waals surface area contributed by atoms with E-state index >= 15 is 0 Å². The molecule has 2 heterocycles. The fourth-order valence-electron chi connectivity index (χ4n) is 3.29. The van der Waals surface area contributed by atoms with Crippen molar-refractivity contribution in [2.45, 2.75) is 17.7 Å². The summed E-state index contributed by atoms with van der Waals surface area (Å²) in [6.45, 7) is 0.575. The minimum atomic E-state index is -3.61. The standard InChI is InChI=1S/C20H20N4O3S2/c25-18(21-20-23-22-19(28-20)15-8-3-1-4-9-15)16-10-7-13-24(14-16)29(26,27)17-11-5-2-6-12-17/h1-6,8-9,11-12,16H,7,10,13-14H2,(H,21,23,25)/t16-/m1/s1. The number of benzene rings is 2. The van der Waals surface area contributed by atoms with E-state index in [1.807, 2.05) is 30.3 Å². The Balaban J connectivity index is 1.44. The van der Waals surface area contributed by atoms with E-state index in [2.05, 4.69) is 15.5 Å². The molecule has 9 heteroatoms. The highest BCUT2D eigenvalue weighted by molar-refractivity contribution is 7.89. The van der Waals surface area contributed by atoms with E-state index in [1.54, 1.807) is 30.3 Å². The Bertz CT molecular complexity index is 1090. The SMILES string of the molecule is O=C(Nc1nnc(-c2ccccc2)s1)[C@@H]1CCCN(S(=O)(=O)c2ccccc2)C1. The Hall–Kier alpha value is -2.62. The molecule has 0 bridgehead atoms. The summed E-state index contributed by atoms with van der Waals surface area (Å²) in [5.41, 5.74) is 0.934. The van der Waals surface area contributed by atoms with Gasteiger partial charge in [0.25, 0.3) is 0 Å². The smallest absolute Gasteiger partial charge is 0.243 e. The van der Waals surface area contributed by atoms with Gasteiger partial charge in [-0.2, -0.15) is 4.31 Å². The molecule has 1 saturated heterocycles. The summed E-state index contributed by atoms with van der Waals surface area (Å²) in [4.78, 5) is 13.0. The molecular formula is C20H20N4O3S2. The third-order valence-electron chi connectivity index (χ3n) is 4.81. The summed E-state index contributed by atoms with van der Waals surface area (Å²) >= 11 is 1.30. The second-order valence-electron chi connectivity index (χ2n) is 6.78. The van der Waals surface area contributed by atoms with E-state index in [0.717, 1.165) is 10.6 Å². The van der Waals surface area contributed by atoms with Gasteiger partial charge in [0.05, 0.1) is 10.8 Å². The summed E-state index contributed by atoms with van der Waals surface area (Å²) in [5, 5.41) is 12.1. The molecule has 1 atom stereocenters. The van der Waals surface area contributed by atoms with E-state index < -0.39 is 15.9 Å². The average Bonchev–Trinajstić information content (AvgIpc) is 3.23. The summed E-state index contributed by atoms with van der Waals surface area (Å²) in [5.74, 6) is -0.653. The average molecular weight is 429 g/mol. The van der Waals surface area contributed by atoms with E-state index in [-0.39, 0.29) is 17.3 Å². The molecule has 29 heavy (non-hydrogen) atoms. The fraction of sp³-hybridized carbons (Fsp3) is 0.250. The highest BCUT2D eigenvalue weighted by Gasteiger charge is 2.33. The third kappa shape index (κ3) is 4.36. The van der Waals surface area contributed by atoms with Crippen molar-refractivity contribution >= 4 is 32.4 Å². The zero-order chi connectivity index (χ0) is 20.3. The lowest BCUT2D eigenvalue weighted by Crippen LogP contribution is -2.43. The maximum atomic E-state index is 12.8. The molecule has 0 aliphatic carbocycles. The number of aromatic nitrogens is 2. The van der Waals surface area contributed by atoms with Crippen molar-refractivity contribution in [3.05, 3.63) is 60.7 Å². The fourth-order valence-corrected chi connectivity index (χ4v) is 5.59. The first-order valence-electron chi connectivity index (χ1n) is 9.29. The molecule has 0 saturated carbocycles. The number of sulfonamides is 1. The van der Waals surface area contributed by atoms with Crippen LogP contribution >= 0.6 is 11.3 Å². The molecule has 150 valence electrons. The largest absolute Gasteiger partial charge is 0.300 e. The summed E-state index contributed by atoms with van der Waals surface area (Å²) in [7, 11) is -3.61. The Morgan fingerprint density at radius 2 is 1.72 bits per heavy atom.